The van der Waals surface area contributed by atoms with Gasteiger partial charge in [-0.25, -0.2) is 9.37 Å². The van der Waals surface area contributed by atoms with Gasteiger partial charge in [0, 0.05) is 43.9 Å². The van der Waals surface area contributed by atoms with Crippen LogP contribution in [0.2, 0.25) is 0 Å². The van der Waals surface area contributed by atoms with Crippen LogP contribution in [0.1, 0.15) is 19.0 Å². The number of halogens is 1. The van der Waals surface area contributed by atoms with Crippen LogP contribution in [0.3, 0.4) is 0 Å². The van der Waals surface area contributed by atoms with E-state index in [1.807, 2.05) is 6.07 Å². The molecule has 1 unspecified atom stereocenters. The van der Waals surface area contributed by atoms with Gasteiger partial charge in [-0.1, -0.05) is 18.2 Å². The molecule has 1 aromatic heterocycles. The predicted molar refractivity (Wildman–Crippen MR) is 111 cm³/mol. The van der Waals surface area contributed by atoms with Gasteiger partial charge in [0.1, 0.15) is 17.3 Å². The molecule has 0 radical (unpaired) electrons. The molecular formula is C20H22FN5OS. The summed E-state index contributed by atoms with van der Waals surface area (Å²) in [6.45, 7) is 5.16. The molecule has 146 valence electrons. The number of hydrazone groups is 1. The lowest BCUT2D eigenvalue weighted by atomic mass is 10.1. The fraction of sp³-hybridized carbons (Fsp3) is 0.350. The van der Waals surface area contributed by atoms with Crippen molar-refractivity contribution < 1.29 is 9.13 Å². The minimum atomic E-state index is -0.422. The van der Waals surface area contributed by atoms with Gasteiger partial charge in [-0.3, -0.25) is 5.43 Å². The van der Waals surface area contributed by atoms with E-state index in [0.717, 1.165) is 25.3 Å². The van der Waals surface area contributed by atoms with Gasteiger partial charge in [0.15, 0.2) is 5.11 Å². The van der Waals surface area contributed by atoms with Gasteiger partial charge in [-0.15, -0.1) is 0 Å². The number of hydrogen-bond donors (Lipinski definition) is 1. The highest BCUT2D eigenvalue weighted by Crippen LogP contribution is 2.24. The second kappa shape index (κ2) is 8.10. The van der Waals surface area contributed by atoms with Gasteiger partial charge in [0.2, 0.25) is 0 Å². The first kappa shape index (κ1) is 18.6. The van der Waals surface area contributed by atoms with E-state index in [0.29, 0.717) is 35.6 Å². The average molecular weight is 399 g/mol. The third kappa shape index (κ3) is 3.91. The van der Waals surface area contributed by atoms with Gasteiger partial charge in [0.25, 0.3) is 0 Å². The monoisotopic (exact) mass is 399 g/mol. The number of para-hydroxylation sites is 1. The van der Waals surface area contributed by atoms with Crippen LogP contribution >= 0.6 is 12.2 Å². The molecule has 1 N–H and O–H groups in total. The SMILES string of the molecule is CC1CN(C(=S)N/N=C2/CCOc3cc(F)cnc32)CCN1c1ccccc1. The molecule has 1 atom stereocenters. The Hall–Kier alpha value is -2.74. The number of nitrogens with zero attached hydrogens (tertiary/aromatic N) is 4. The van der Waals surface area contributed by atoms with Crippen molar-refractivity contribution in [1.82, 2.24) is 15.3 Å². The number of piperazine rings is 1. The Morgan fingerprint density at radius 3 is 2.93 bits per heavy atom. The van der Waals surface area contributed by atoms with Crippen molar-refractivity contribution in [2.75, 3.05) is 31.1 Å². The zero-order chi connectivity index (χ0) is 19.5. The molecule has 2 aliphatic rings. The number of benzene rings is 1. The number of anilines is 1. The van der Waals surface area contributed by atoms with Gasteiger partial charge < -0.3 is 14.5 Å². The van der Waals surface area contributed by atoms with Crippen LogP contribution in [-0.2, 0) is 0 Å². The van der Waals surface area contributed by atoms with E-state index in [2.05, 4.69) is 56.5 Å². The summed E-state index contributed by atoms with van der Waals surface area (Å²) in [6, 6.07) is 12.1. The van der Waals surface area contributed by atoms with E-state index in [1.54, 1.807) is 0 Å². The maximum atomic E-state index is 13.3. The van der Waals surface area contributed by atoms with E-state index >= 15 is 0 Å². The minimum Gasteiger partial charge on any atom is -0.491 e. The van der Waals surface area contributed by atoms with Gasteiger partial charge in [-0.2, -0.15) is 5.10 Å². The number of thiocarbonyl (C=S) groups is 1. The van der Waals surface area contributed by atoms with Crippen molar-refractivity contribution in [3.8, 4) is 5.75 Å². The van der Waals surface area contributed by atoms with Crippen molar-refractivity contribution in [3.63, 3.8) is 0 Å². The number of ether oxygens (including phenoxy) is 1. The standard InChI is InChI=1S/C20H22FN5OS/c1-14-13-25(8-9-26(14)16-5-3-2-4-6-16)20(28)24-23-17-7-10-27-18-11-15(21)12-22-19(17)18/h2-6,11-12,14H,7-10,13H2,1H3,(H,24,28)/b23-17-. The topological polar surface area (TPSA) is 53.0 Å². The Morgan fingerprint density at radius 1 is 1.32 bits per heavy atom. The Labute approximate surface area is 169 Å². The molecule has 8 heteroatoms. The summed E-state index contributed by atoms with van der Waals surface area (Å²) in [5.41, 5.74) is 5.50. The van der Waals surface area contributed by atoms with Crippen molar-refractivity contribution in [1.29, 1.82) is 0 Å². The van der Waals surface area contributed by atoms with Crippen molar-refractivity contribution in [2.45, 2.75) is 19.4 Å². The van der Waals surface area contributed by atoms with E-state index in [9.17, 15) is 4.39 Å². The summed E-state index contributed by atoms with van der Waals surface area (Å²) in [6.07, 6.45) is 1.77. The predicted octanol–water partition coefficient (Wildman–Crippen LogP) is 2.79. The molecule has 0 aliphatic carbocycles. The van der Waals surface area contributed by atoms with E-state index in [-0.39, 0.29) is 0 Å². The highest BCUT2D eigenvalue weighted by molar-refractivity contribution is 7.80. The maximum Gasteiger partial charge on any atom is 0.189 e. The lowest BCUT2D eigenvalue weighted by Crippen LogP contribution is -2.55. The maximum absolute atomic E-state index is 13.3. The molecule has 4 rings (SSSR count). The molecule has 3 heterocycles. The van der Waals surface area contributed by atoms with Crippen LogP contribution in [0.15, 0.2) is 47.7 Å². The summed E-state index contributed by atoms with van der Waals surface area (Å²) in [4.78, 5) is 8.63. The summed E-state index contributed by atoms with van der Waals surface area (Å²) in [5, 5.41) is 5.02. The molecule has 1 saturated heterocycles. The zero-order valence-electron chi connectivity index (χ0n) is 15.6. The van der Waals surface area contributed by atoms with E-state index in [4.69, 9.17) is 17.0 Å². The molecule has 6 nitrogen and oxygen atoms in total. The number of fused-ring (bicyclic) bond motifs is 1. The third-order valence-corrected chi connectivity index (χ3v) is 5.33. The Morgan fingerprint density at radius 2 is 2.14 bits per heavy atom. The minimum absolute atomic E-state index is 0.331. The molecule has 0 bridgehead atoms. The first-order valence-electron chi connectivity index (χ1n) is 9.33. The largest absolute Gasteiger partial charge is 0.491 e. The first-order valence-corrected chi connectivity index (χ1v) is 9.74. The van der Waals surface area contributed by atoms with Gasteiger partial charge >= 0.3 is 0 Å². The van der Waals surface area contributed by atoms with Gasteiger partial charge in [0.05, 0.1) is 18.5 Å². The summed E-state index contributed by atoms with van der Waals surface area (Å²) in [7, 11) is 0. The van der Waals surface area contributed by atoms with E-state index in [1.165, 1.54) is 18.0 Å². The molecule has 0 amide bonds. The van der Waals surface area contributed by atoms with E-state index < -0.39 is 5.82 Å². The Bertz CT molecular complexity index is 891. The van der Waals surface area contributed by atoms with Crippen LogP contribution in [0.25, 0.3) is 0 Å². The highest BCUT2D eigenvalue weighted by atomic mass is 32.1. The second-order valence-electron chi connectivity index (χ2n) is 6.90. The zero-order valence-corrected chi connectivity index (χ0v) is 16.5. The molecule has 0 spiro atoms. The summed E-state index contributed by atoms with van der Waals surface area (Å²) in [5.74, 6) is -0.00318. The normalized spacial score (nSPS) is 20.5. The first-order chi connectivity index (χ1) is 13.6. The molecule has 1 aromatic carbocycles. The smallest absolute Gasteiger partial charge is 0.189 e. The molecule has 2 aromatic rings. The van der Waals surface area contributed by atoms with Crippen LogP contribution in [0, 0.1) is 5.82 Å². The number of aromatic nitrogens is 1. The Balaban J connectivity index is 1.40. The molecule has 0 saturated carbocycles. The van der Waals surface area contributed by atoms with Gasteiger partial charge in [-0.05, 0) is 31.3 Å². The number of nitrogens with one attached hydrogen (secondary N) is 1. The summed E-state index contributed by atoms with van der Waals surface area (Å²) >= 11 is 5.55. The molecular weight excluding hydrogens is 377 g/mol. The van der Waals surface area contributed by atoms with Crippen LogP contribution < -0.4 is 15.1 Å². The van der Waals surface area contributed by atoms with Crippen LogP contribution in [0.5, 0.6) is 5.75 Å². The molecule has 2 aliphatic heterocycles. The van der Waals surface area contributed by atoms with Crippen molar-refractivity contribution in [2.24, 2.45) is 5.10 Å². The average Bonchev–Trinajstić information content (AvgIpc) is 2.72. The second-order valence-corrected chi connectivity index (χ2v) is 7.28. The lowest BCUT2D eigenvalue weighted by molar-refractivity contribution is 0.315. The fourth-order valence-electron chi connectivity index (χ4n) is 3.56. The number of hydrogen-bond acceptors (Lipinski definition) is 5. The fourth-order valence-corrected chi connectivity index (χ4v) is 3.77. The lowest BCUT2D eigenvalue weighted by Gasteiger charge is -2.42. The van der Waals surface area contributed by atoms with Crippen molar-refractivity contribution in [3.05, 3.63) is 54.1 Å². The van der Waals surface area contributed by atoms with Crippen LogP contribution in [-0.4, -0.2) is 53.0 Å². The quantitative estimate of drug-likeness (QED) is 0.619. The van der Waals surface area contributed by atoms with Crippen molar-refractivity contribution >= 4 is 28.7 Å². The highest BCUT2D eigenvalue weighted by Gasteiger charge is 2.25. The number of rotatable bonds is 2. The molecule has 1 fully saturated rings. The summed E-state index contributed by atoms with van der Waals surface area (Å²) < 4.78 is 18.8. The molecule has 28 heavy (non-hydrogen) atoms. The Kier molecular flexibility index (Phi) is 5.38. The third-order valence-electron chi connectivity index (χ3n) is 4.98. The van der Waals surface area contributed by atoms with Crippen LogP contribution in [0.4, 0.5) is 10.1 Å². The number of pyridine rings is 1.